The summed E-state index contributed by atoms with van der Waals surface area (Å²) in [5.41, 5.74) is -1.30. The minimum absolute atomic E-state index is 0.0972. The van der Waals surface area contributed by atoms with E-state index in [0.717, 1.165) is 6.07 Å². The molecule has 2 fully saturated rings. The molecule has 0 amide bonds. The third-order valence-electron chi connectivity index (χ3n) is 7.35. The molecular formula is C27H30O16. The van der Waals surface area contributed by atoms with Gasteiger partial charge in [0.2, 0.25) is 23.2 Å². The van der Waals surface area contributed by atoms with Crippen molar-refractivity contribution in [3.8, 4) is 40.1 Å². The van der Waals surface area contributed by atoms with Crippen LogP contribution in [0.4, 0.5) is 0 Å². The van der Waals surface area contributed by atoms with E-state index in [4.69, 9.17) is 23.4 Å². The highest BCUT2D eigenvalue weighted by molar-refractivity contribution is 5.91. The molecule has 0 saturated carbocycles. The van der Waals surface area contributed by atoms with Gasteiger partial charge in [0.1, 0.15) is 59.4 Å². The van der Waals surface area contributed by atoms with Crippen molar-refractivity contribution in [3.05, 3.63) is 40.6 Å². The first-order valence-corrected chi connectivity index (χ1v) is 13.0. The zero-order chi connectivity index (χ0) is 31.3. The van der Waals surface area contributed by atoms with E-state index in [1.54, 1.807) is 0 Å². The quantitative estimate of drug-likeness (QED) is 0.140. The lowest BCUT2D eigenvalue weighted by atomic mass is 9.98. The number of phenolic OH excluding ortho intramolecular Hbond substituents is 3. The van der Waals surface area contributed by atoms with E-state index in [9.17, 15) is 55.9 Å². The maximum atomic E-state index is 12.9. The Morgan fingerprint density at radius 2 is 1.37 bits per heavy atom. The van der Waals surface area contributed by atoms with Crippen LogP contribution >= 0.6 is 0 Å². The van der Waals surface area contributed by atoms with Gasteiger partial charge in [-0.15, -0.1) is 0 Å². The molecule has 234 valence electrons. The molecule has 0 unspecified atom stereocenters. The van der Waals surface area contributed by atoms with E-state index in [2.05, 4.69) is 0 Å². The van der Waals surface area contributed by atoms with Crippen LogP contribution in [0.15, 0.2) is 39.5 Å². The SMILES string of the molecule is C[C@H]1O[C@@H](OC[C@H]2O[C@@H](Oc3cc4oc(-c5ccc(O)cc5)c(O)c(=O)c4c(O)c3O)[C@@H](O)[C@@H](O)[C@@H]2O)[C@H](O)[C@@H](O)[C@H]1O. The maximum absolute atomic E-state index is 12.9. The topological polar surface area (TPSA) is 269 Å². The number of aliphatic hydroxyl groups is 6. The molecule has 3 heterocycles. The fourth-order valence-electron chi connectivity index (χ4n) is 4.81. The average molecular weight is 611 g/mol. The van der Waals surface area contributed by atoms with Crippen LogP contribution in [0.3, 0.4) is 0 Å². The lowest BCUT2D eigenvalue weighted by Crippen LogP contribution is -2.61. The van der Waals surface area contributed by atoms with Gasteiger partial charge in [-0.1, -0.05) is 0 Å². The number of hydrogen-bond acceptors (Lipinski definition) is 16. The molecule has 1 aromatic heterocycles. The Hall–Kier alpha value is -3.71. The molecule has 0 aliphatic carbocycles. The highest BCUT2D eigenvalue weighted by Crippen LogP contribution is 2.44. The van der Waals surface area contributed by atoms with Crippen LogP contribution in [0, 0.1) is 0 Å². The van der Waals surface area contributed by atoms with Gasteiger partial charge in [0.15, 0.2) is 23.5 Å². The molecule has 10 atom stereocenters. The summed E-state index contributed by atoms with van der Waals surface area (Å²) < 4.78 is 27.4. The molecule has 43 heavy (non-hydrogen) atoms. The third kappa shape index (κ3) is 5.55. The Morgan fingerprint density at radius 1 is 0.744 bits per heavy atom. The summed E-state index contributed by atoms with van der Waals surface area (Å²) in [5, 5.41) is 102. The first kappa shape index (κ1) is 30.7. The standard InChI is InChI=1S/C27H30O16/c1-8-15(29)20(34)23(37)26(40-8)39-7-13-17(31)21(35)24(38)27(43-13)42-12-6-11-14(18(32)16(12)30)19(33)22(36)25(41-11)9-2-4-10(28)5-3-9/h2-6,8,13,15,17,20-21,23-24,26-32,34-38H,7H2,1H3/t8-,13-,15+,17-,20+,21+,23-,24+,26-,27-/m1/s1. The normalized spacial score (nSPS) is 33.0. The maximum Gasteiger partial charge on any atom is 0.238 e. The molecule has 3 aromatic rings. The van der Waals surface area contributed by atoms with Gasteiger partial charge < -0.3 is 74.4 Å². The van der Waals surface area contributed by atoms with E-state index in [-0.39, 0.29) is 22.7 Å². The monoisotopic (exact) mass is 610 g/mol. The smallest absolute Gasteiger partial charge is 0.238 e. The molecule has 5 rings (SSSR count). The minimum Gasteiger partial charge on any atom is -0.508 e. The molecule has 0 bridgehead atoms. The van der Waals surface area contributed by atoms with Crippen molar-refractivity contribution in [1.82, 2.24) is 0 Å². The van der Waals surface area contributed by atoms with Crippen LogP contribution in [0.25, 0.3) is 22.3 Å². The highest BCUT2D eigenvalue weighted by Gasteiger charge is 2.47. The summed E-state index contributed by atoms with van der Waals surface area (Å²) in [4.78, 5) is 12.9. The second kappa shape index (κ2) is 11.8. The molecule has 0 spiro atoms. The van der Waals surface area contributed by atoms with Gasteiger partial charge in [0, 0.05) is 11.6 Å². The van der Waals surface area contributed by atoms with Crippen molar-refractivity contribution < 1.29 is 74.4 Å². The summed E-state index contributed by atoms with van der Waals surface area (Å²) in [5.74, 6) is -3.98. The summed E-state index contributed by atoms with van der Waals surface area (Å²) in [7, 11) is 0. The molecule has 0 radical (unpaired) electrons. The Labute approximate surface area is 241 Å². The summed E-state index contributed by atoms with van der Waals surface area (Å²) in [6, 6.07) is 6.19. The Bertz CT molecular complexity index is 1520. The minimum atomic E-state index is -1.92. The first-order chi connectivity index (χ1) is 20.3. The summed E-state index contributed by atoms with van der Waals surface area (Å²) in [6.45, 7) is 0.843. The van der Waals surface area contributed by atoms with E-state index in [1.807, 2.05) is 0 Å². The van der Waals surface area contributed by atoms with Crippen LogP contribution in [0.2, 0.25) is 0 Å². The van der Waals surface area contributed by atoms with Crippen molar-refractivity contribution >= 4 is 11.0 Å². The van der Waals surface area contributed by atoms with Gasteiger partial charge in [-0.3, -0.25) is 4.79 Å². The van der Waals surface area contributed by atoms with Gasteiger partial charge in [0.25, 0.3) is 0 Å². The number of rotatable bonds is 6. The van der Waals surface area contributed by atoms with Gasteiger partial charge in [-0.05, 0) is 31.2 Å². The lowest BCUT2D eigenvalue weighted by molar-refractivity contribution is -0.318. The lowest BCUT2D eigenvalue weighted by Gasteiger charge is -2.42. The average Bonchev–Trinajstić information content (AvgIpc) is 2.98. The van der Waals surface area contributed by atoms with Crippen molar-refractivity contribution in [3.63, 3.8) is 0 Å². The molecule has 2 aromatic carbocycles. The molecular weight excluding hydrogens is 580 g/mol. The number of aliphatic hydroxyl groups excluding tert-OH is 6. The predicted molar refractivity (Wildman–Crippen MR) is 140 cm³/mol. The Kier molecular flexibility index (Phi) is 8.41. The molecule has 16 heteroatoms. The fourth-order valence-corrected chi connectivity index (χ4v) is 4.81. The summed E-state index contributed by atoms with van der Waals surface area (Å²) in [6.07, 6.45) is -15.9. The predicted octanol–water partition coefficient (Wildman–Crippen LogP) is -1.69. The van der Waals surface area contributed by atoms with Crippen LogP contribution in [-0.4, -0.2) is 119 Å². The van der Waals surface area contributed by atoms with Gasteiger partial charge in [-0.2, -0.15) is 0 Å². The number of fused-ring (bicyclic) bond motifs is 1. The zero-order valence-corrected chi connectivity index (χ0v) is 22.3. The number of ether oxygens (including phenoxy) is 4. The molecule has 10 N–H and O–H groups in total. The number of hydrogen-bond donors (Lipinski definition) is 10. The highest BCUT2D eigenvalue weighted by atomic mass is 16.7. The van der Waals surface area contributed by atoms with Crippen molar-refractivity contribution in [1.29, 1.82) is 0 Å². The van der Waals surface area contributed by atoms with Gasteiger partial charge >= 0.3 is 0 Å². The van der Waals surface area contributed by atoms with Gasteiger partial charge in [0.05, 0.1) is 12.7 Å². The molecule has 16 nitrogen and oxygen atoms in total. The van der Waals surface area contributed by atoms with E-state index < -0.39 is 102 Å². The fraction of sp³-hybridized carbons (Fsp3) is 0.444. The number of phenols is 3. The molecule has 2 aliphatic heterocycles. The third-order valence-corrected chi connectivity index (χ3v) is 7.35. The molecule has 2 saturated heterocycles. The van der Waals surface area contributed by atoms with Crippen LogP contribution in [0.5, 0.6) is 28.7 Å². The van der Waals surface area contributed by atoms with Crippen molar-refractivity contribution in [2.24, 2.45) is 0 Å². The van der Waals surface area contributed by atoms with E-state index in [0.29, 0.717) is 0 Å². The van der Waals surface area contributed by atoms with Crippen LogP contribution < -0.4 is 10.2 Å². The number of aromatic hydroxyl groups is 4. The van der Waals surface area contributed by atoms with Crippen molar-refractivity contribution in [2.75, 3.05) is 6.61 Å². The Balaban J connectivity index is 1.41. The first-order valence-electron chi connectivity index (χ1n) is 13.0. The van der Waals surface area contributed by atoms with Crippen LogP contribution in [-0.2, 0) is 14.2 Å². The summed E-state index contributed by atoms with van der Waals surface area (Å²) >= 11 is 0. The largest absolute Gasteiger partial charge is 0.508 e. The molecule has 2 aliphatic rings. The number of benzene rings is 2. The van der Waals surface area contributed by atoms with Crippen molar-refractivity contribution in [2.45, 2.75) is 68.3 Å². The second-order valence-electron chi connectivity index (χ2n) is 10.2. The second-order valence-corrected chi connectivity index (χ2v) is 10.2. The zero-order valence-electron chi connectivity index (χ0n) is 22.3. The van der Waals surface area contributed by atoms with E-state index in [1.165, 1.54) is 31.2 Å². The van der Waals surface area contributed by atoms with Crippen LogP contribution in [0.1, 0.15) is 6.92 Å². The van der Waals surface area contributed by atoms with E-state index >= 15 is 0 Å². The Morgan fingerprint density at radius 3 is 2.05 bits per heavy atom. The van der Waals surface area contributed by atoms with Gasteiger partial charge in [-0.25, -0.2) is 0 Å².